The molecule has 0 saturated carbocycles. The highest BCUT2D eigenvalue weighted by Crippen LogP contribution is 2.36. The number of anilines is 2. The van der Waals surface area contributed by atoms with Gasteiger partial charge in [0.1, 0.15) is 10.7 Å². The monoisotopic (exact) mass is 396 g/mol. The molecular formula is C21H24N4O2S. The lowest BCUT2D eigenvalue weighted by Gasteiger charge is -2.17. The van der Waals surface area contributed by atoms with E-state index in [0.717, 1.165) is 40.9 Å². The zero-order chi connectivity index (χ0) is 19.8. The van der Waals surface area contributed by atoms with Crippen molar-refractivity contribution in [3.05, 3.63) is 50.9 Å². The van der Waals surface area contributed by atoms with Crippen molar-refractivity contribution < 1.29 is 4.79 Å². The molecule has 28 heavy (non-hydrogen) atoms. The van der Waals surface area contributed by atoms with Gasteiger partial charge in [0, 0.05) is 23.2 Å². The van der Waals surface area contributed by atoms with Crippen LogP contribution in [0.25, 0.3) is 10.2 Å². The summed E-state index contributed by atoms with van der Waals surface area (Å²) in [5, 5.41) is 6.90. The summed E-state index contributed by atoms with van der Waals surface area (Å²) in [7, 11) is 0. The number of H-pyrrole nitrogens is 1. The van der Waals surface area contributed by atoms with E-state index in [9.17, 15) is 9.59 Å². The number of amides is 1. The van der Waals surface area contributed by atoms with Crippen LogP contribution < -0.4 is 16.2 Å². The van der Waals surface area contributed by atoms with Crippen LogP contribution in [0.3, 0.4) is 0 Å². The van der Waals surface area contributed by atoms with Crippen LogP contribution in [0.4, 0.5) is 11.4 Å². The summed E-state index contributed by atoms with van der Waals surface area (Å²) in [5.74, 6) is 1.17. The van der Waals surface area contributed by atoms with Crippen molar-refractivity contribution in [2.75, 3.05) is 10.6 Å². The summed E-state index contributed by atoms with van der Waals surface area (Å²) in [6.45, 7) is 5.70. The van der Waals surface area contributed by atoms with Crippen LogP contribution in [0.2, 0.25) is 0 Å². The van der Waals surface area contributed by atoms with Gasteiger partial charge in [-0.15, -0.1) is 11.3 Å². The van der Waals surface area contributed by atoms with Gasteiger partial charge in [0.05, 0.1) is 11.4 Å². The molecule has 146 valence electrons. The maximum absolute atomic E-state index is 12.8. The SMILES string of the molecule is CC(=O)Nc1cccc(N[C@H](C)c2nc3sc4c(c3c(=O)[nH]2)CC[C@@H](C)C4)c1. The van der Waals surface area contributed by atoms with Crippen molar-refractivity contribution in [2.45, 2.75) is 46.1 Å². The van der Waals surface area contributed by atoms with Gasteiger partial charge in [0.15, 0.2) is 0 Å². The van der Waals surface area contributed by atoms with Gasteiger partial charge in [-0.2, -0.15) is 0 Å². The molecule has 2 atom stereocenters. The number of hydrogen-bond donors (Lipinski definition) is 3. The van der Waals surface area contributed by atoms with E-state index in [1.54, 1.807) is 11.3 Å². The zero-order valence-corrected chi connectivity index (χ0v) is 17.1. The van der Waals surface area contributed by atoms with E-state index in [0.29, 0.717) is 11.7 Å². The van der Waals surface area contributed by atoms with Crippen LogP contribution in [0, 0.1) is 5.92 Å². The number of nitrogens with zero attached hydrogens (tertiary/aromatic N) is 1. The molecule has 0 spiro atoms. The number of nitrogens with one attached hydrogen (secondary N) is 3. The van der Waals surface area contributed by atoms with Crippen molar-refractivity contribution in [1.82, 2.24) is 9.97 Å². The van der Waals surface area contributed by atoms with E-state index < -0.39 is 0 Å². The second-order valence-corrected chi connectivity index (χ2v) is 8.69. The summed E-state index contributed by atoms with van der Waals surface area (Å²) in [6, 6.07) is 7.31. The largest absolute Gasteiger partial charge is 0.375 e. The van der Waals surface area contributed by atoms with Gasteiger partial charge in [0.2, 0.25) is 5.91 Å². The van der Waals surface area contributed by atoms with E-state index in [2.05, 4.69) is 22.5 Å². The van der Waals surface area contributed by atoms with Gasteiger partial charge in [0.25, 0.3) is 5.56 Å². The normalized spacial score (nSPS) is 17.2. The average molecular weight is 397 g/mol. The number of aryl methyl sites for hydroxylation is 1. The first-order chi connectivity index (χ1) is 13.4. The standard InChI is InChI=1S/C21H24N4O2S/c1-11-7-8-16-17(9-11)28-21-18(16)20(27)24-19(25-21)12(2)22-14-5-4-6-15(10-14)23-13(3)26/h4-6,10-12,22H,7-9H2,1-3H3,(H,23,26)(H,24,25,27)/t11-,12-/m1/s1. The first-order valence-corrected chi connectivity index (χ1v) is 10.4. The number of carbonyl (C=O) groups is 1. The topological polar surface area (TPSA) is 86.9 Å². The second kappa shape index (κ2) is 7.39. The van der Waals surface area contributed by atoms with Crippen LogP contribution in [-0.4, -0.2) is 15.9 Å². The number of aromatic amines is 1. The Morgan fingerprint density at radius 2 is 2.14 bits per heavy atom. The Bertz CT molecular complexity index is 1100. The summed E-state index contributed by atoms with van der Waals surface area (Å²) < 4.78 is 0. The van der Waals surface area contributed by atoms with Crippen LogP contribution in [-0.2, 0) is 17.6 Å². The van der Waals surface area contributed by atoms with Crippen LogP contribution in [0.5, 0.6) is 0 Å². The fourth-order valence-corrected chi connectivity index (χ4v) is 5.17. The maximum atomic E-state index is 12.8. The predicted molar refractivity (Wildman–Crippen MR) is 114 cm³/mol. The average Bonchev–Trinajstić information content (AvgIpc) is 2.99. The van der Waals surface area contributed by atoms with Crippen molar-refractivity contribution in [3.63, 3.8) is 0 Å². The molecule has 3 aromatic rings. The van der Waals surface area contributed by atoms with Gasteiger partial charge in [-0.25, -0.2) is 4.98 Å². The van der Waals surface area contributed by atoms with Crippen molar-refractivity contribution >= 4 is 38.8 Å². The molecule has 7 heteroatoms. The molecule has 0 fully saturated rings. The minimum Gasteiger partial charge on any atom is -0.375 e. The highest BCUT2D eigenvalue weighted by molar-refractivity contribution is 7.18. The lowest BCUT2D eigenvalue weighted by Crippen LogP contribution is -2.18. The smallest absolute Gasteiger partial charge is 0.259 e. The highest BCUT2D eigenvalue weighted by atomic mass is 32.1. The van der Waals surface area contributed by atoms with Crippen molar-refractivity contribution in [2.24, 2.45) is 5.92 Å². The third kappa shape index (κ3) is 3.67. The molecule has 4 rings (SSSR count). The molecule has 1 amide bonds. The Labute approximate surface area is 167 Å². The molecule has 3 N–H and O–H groups in total. The number of aromatic nitrogens is 2. The molecule has 1 aliphatic rings. The molecule has 1 aliphatic carbocycles. The quantitative estimate of drug-likeness (QED) is 0.616. The summed E-state index contributed by atoms with van der Waals surface area (Å²) in [5.41, 5.74) is 2.72. The Hall–Kier alpha value is -2.67. The first-order valence-electron chi connectivity index (χ1n) is 9.59. The molecule has 6 nitrogen and oxygen atoms in total. The van der Waals surface area contributed by atoms with Crippen LogP contribution in [0.1, 0.15) is 49.5 Å². The molecule has 0 aliphatic heterocycles. The summed E-state index contributed by atoms with van der Waals surface area (Å²) in [6.07, 6.45) is 3.13. The van der Waals surface area contributed by atoms with E-state index >= 15 is 0 Å². The lowest BCUT2D eigenvalue weighted by molar-refractivity contribution is -0.114. The molecule has 0 saturated heterocycles. The molecule has 0 radical (unpaired) electrons. The lowest BCUT2D eigenvalue weighted by atomic mass is 9.89. The minimum atomic E-state index is -0.178. The van der Waals surface area contributed by atoms with Crippen molar-refractivity contribution in [3.8, 4) is 0 Å². The Balaban J connectivity index is 1.62. The number of carbonyl (C=O) groups excluding carboxylic acids is 1. The molecule has 2 heterocycles. The summed E-state index contributed by atoms with van der Waals surface area (Å²) >= 11 is 1.66. The van der Waals surface area contributed by atoms with Gasteiger partial charge in [-0.05, 0) is 55.9 Å². The van der Waals surface area contributed by atoms with Gasteiger partial charge >= 0.3 is 0 Å². The molecule has 2 aromatic heterocycles. The fraction of sp³-hybridized carbons (Fsp3) is 0.381. The van der Waals surface area contributed by atoms with Crippen LogP contribution >= 0.6 is 11.3 Å². The molecule has 0 bridgehead atoms. The van der Waals surface area contributed by atoms with E-state index in [4.69, 9.17) is 4.98 Å². The van der Waals surface area contributed by atoms with Gasteiger partial charge < -0.3 is 15.6 Å². The predicted octanol–water partition coefficient (Wildman–Crippen LogP) is 4.24. The number of hydrogen-bond acceptors (Lipinski definition) is 5. The van der Waals surface area contributed by atoms with Crippen LogP contribution in [0.15, 0.2) is 29.1 Å². The van der Waals surface area contributed by atoms with E-state index in [1.165, 1.54) is 17.4 Å². The molecular weight excluding hydrogens is 372 g/mol. The zero-order valence-electron chi connectivity index (χ0n) is 16.3. The third-order valence-electron chi connectivity index (χ3n) is 5.16. The Morgan fingerprint density at radius 1 is 1.36 bits per heavy atom. The summed E-state index contributed by atoms with van der Waals surface area (Å²) in [4.78, 5) is 33.9. The van der Waals surface area contributed by atoms with E-state index in [-0.39, 0.29) is 17.5 Å². The maximum Gasteiger partial charge on any atom is 0.259 e. The number of fused-ring (bicyclic) bond motifs is 3. The third-order valence-corrected chi connectivity index (χ3v) is 6.31. The second-order valence-electron chi connectivity index (χ2n) is 7.61. The first kappa shape index (κ1) is 18.7. The molecule has 1 aromatic carbocycles. The van der Waals surface area contributed by atoms with Crippen molar-refractivity contribution in [1.29, 1.82) is 0 Å². The molecule has 0 unspecified atom stereocenters. The number of thiophene rings is 1. The van der Waals surface area contributed by atoms with Gasteiger partial charge in [-0.1, -0.05) is 13.0 Å². The Kier molecular flexibility index (Phi) is 4.93. The minimum absolute atomic E-state index is 0.0484. The van der Waals surface area contributed by atoms with E-state index in [1.807, 2.05) is 31.2 Å². The fourth-order valence-electron chi connectivity index (χ4n) is 3.78. The number of benzene rings is 1. The van der Waals surface area contributed by atoms with Gasteiger partial charge in [-0.3, -0.25) is 9.59 Å². The Morgan fingerprint density at radius 3 is 2.93 bits per heavy atom. The highest BCUT2D eigenvalue weighted by Gasteiger charge is 2.23. The number of rotatable bonds is 4.